The molecule has 0 aromatic rings. The molecule has 0 saturated carbocycles. The third-order valence-electron chi connectivity index (χ3n) is 14.6. The number of amides is 8. The molecule has 8 amide bonds. The maximum absolute atomic E-state index is 13.9. The summed E-state index contributed by atoms with van der Waals surface area (Å²) in [7, 11) is 1.40. The summed E-state index contributed by atoms with van der Waals surface area (Å²) in [6.07, 6.45) is -10.1. The van der Waals surface area contributed by atoms with Gasteiger partial charge in [-0.1, -0.05) is 0 Å². The first-order valence-corrected chi connectivity index (χ1v) is 34.4. The van der Waals surface area contributed by atoms with E-state index >= 15 is 0 Å². The Kier molecular flexibility index (Phi) is 56.6. The summed E-state index contributed by atoms with van der Waals surface area (Å²) in [5, 5.41) is 109. The molecule has 1 fully saturated rings. The normalized spacial score (nSPS) is 18.9. The van der Waals surface area contributed by atoms with E-state index in [1.807, 2.05) is 0 Å². The minimum Gasteiger partial charge on any atom is -0.394 e. The van der Waals surface area contributed by atoms with Crippen molar-refractivity contribution in [1.29, 1.82) is 0 Å². The Morgan fingerprint density at radius 2 is 0.816 bits per heavy atom. The van der Waals surface area contributed by atoms with E-state index in [4.69, 9.17) is 71.1 Å². The molecule has 1 aliphatic rings. The molecule has 40 heteroatoms. The molecule has 103 heavy (non-hydrogen) atoms. The summed E-state index contributed by atoms with van der Waals surface area (Å²) in [6.45, 7) is 4.72. The number of hydrogen-bond acceptors (Lipinski definition) is 32. The first-order chi connectivity index (χ1) is 49.5. The highest BCUT2D eigenvalue weighted by atomic mass is 16.7. The van der Waals surface area contributed by atoms with Crippen LogP contribution in [-0.4, -0.2) is 377 Å². The molecule has 0 bridgehead atoms. The zero-order chi connectivity index (χ0) is 76.6. The van der Waals surface area contributed by atoms with Crippen molar-refractivity contribution in [1.82, 2.24) is 42.5 Å². The number of aliphatic hydroxyl groups is 9. The van der Waals surface area contributed by atoms with E-state index in [0.29, 0.717) is 25.7 Å². The van der Waals surface area contributed by atoms with Gasteiger partial charge in [-0.3, -0.25) is 38.4 Å². The maximum atomic E-state index is 13.9. The van der Waals surface area contributed by atoms with Gasteiger partial charge in [0.05, 0.1) is 164 Å². The number of carbonyl (C=O) groups excluding carboxylic acids is 8. The van der Waals surface area contributed by atoms with Gasteiger partial charge in [0.1, 0.15) is 80.5 Å². The van der Waals surface area contributed by atoms with Crippen LogP contribution in [0.4, 0.5) is 0 Å². The molecule has 0 aliphatic carbocycles. The molecule has 17 N–H and O–H groups in total. The number of hydrogen-bond donors (Lipinski definition) is 17. The molecule has 0 aromatic carbocycles. The van der Waals surface area contributed by atoms with Crippen LogP contribution in [0.3, 0.4) is 0 Å². The Bertz CT molecular complexity index is 2260. The van der Waals surface area contributed by atoms with Crippen molar-refractivity contribution in [2.75, 3.05) is 192 Å². The quantitative estimate of drug-likeness (QED) is 0.0199. The number of aliphatic hydroxyl groups excluding tert-OH is 9. The van der Waals surface area contributed by atoms with Crippen molar-refractivity contribution in [2.45, 2.75) is 165 Å². The summed E-state index contributed by atoms with van der Waals surface area (Å²) < 4.78 is 82.8. The van der Waals surface area contributed by atoms with Gasteiger partial charge in [0.15, 0.2) is 18.9 Å². The number of likely N-dealkylation sites (N-methyl/N-ethyl adjacent to an activating group) is 1. The van der Waals surface area contributed by atoms with Crippen molar-refractivity contribution in [3.8, 4) is 0 Å². The lowest BCUT2D eigenvalue weighted by molar-refractivity contribution is -0.272. The highest BCUT2D eigenvalue weighted by Crippen LogP contribution is 2.22. The van der Waals surface area contributed by atoms with Crippen molar-refractivity contribution >= 4 is 47.3 Å². The van der Waals surface area contributed by atoms with Gasteiger partial charge in [0.2, 0.25) is 47.3 Å². The fourth-order valence-corrected chi connectivity index (χ4v) is 9.21. The molecule has 15 atom stereocenters. The van der Waals surface area contributed by atoms with E-state index in [1.54, 1.807) is 0 Å². The zero-order valence-electron chi connectivity index (χ0n) is 60.1. The number of rotatable bonds is 66. The third kappa shape index (κ3) is 46.5. The highest BCUT2D eigenvalue weighted by Gasteiger charge is 2.45. The number of ether oxygens (including phenoxy) is 15. The fraction of sp³-hybridized carbons (Fsp3) is 0.873. The SMILES string of the molecule is CNC(=O)C(CCCCNC(=O)COCCOCCOCCOC(OC(CO)[C@@H](C)O)[C@H](CO)NC(C)=O)NC(=O)C(CCCCNC(=O)COCCOCCOCCOC(OC(CO)[C@@H](C)O)[C@H](CO)NC(C)=O)NC(=O)COCCOCCOCCOC1OC(CO)C(O)C(O)C1NC(C)=O. The van der Waals surface area contributed by atoms with Gasteiger partial charge in [-0.2, -0.15) is 0 Å². The molecule has 1 saturated heterocycles. The Morgan fingerprint density at radius 3 is 1.17 bits per heavy atom. The topological polar surface area (TPSA) is 553 Å². The van der Waals surface area contributed by atoms with E-state index in [0.717, 1.165) is 0 Å². The van der Waals surface area contributed by atoms with Crippen LogP contribution in [0.15, 0.2) is 0 Å². The van der Waals surface area contributed by atoms with E-state index in [2.05, 4.69) is 42.5 Å². The summed E-state index contributed by atoms with van der Waals surface area (Å²) in [5.41, 5.74) is 0. The summed E-state index contributed by atoms with van der Waals surface area (Å²) in [5.74, 6) is -4.04. The standard InChI is InChI=1S/C63H118N8O32/c1-41(77)50(35-74)101-61(48(33-72)67-43(3)79)98-30-27-92-18-15-89-21-24-95-38-53(82)65-13-9-7-11-46(59(87)64-6)71-60(88)47(70-55(84)40-97-26-23-91-17-20-94-29-32-100-63-56(69-45(5)81)58(86)57(85)52(37-76)103-63)12-8-10-14-66-54(83)39-96-25-22-90-16-19-93-28-31-99-62(49(34-73)68-44(4)80)102-51(36-75)42(2)78/h41-42,46-52,56-58,61-63,72-78,85-86H,7-40H2,1-6H3,(H,64,87)(H,65,82)(H,66,83)(H,67,79)(H,68,80)(H,69,81)(H,70,84)(H,71,88)/t41-,42-,46?,47?,48+,49+,50?,51?,52?,56?,57?,58?,61?,62?,63?/m1/s1. The molecule has 1 heterocycles. The molecular weight excluding hydrogens is 1380 g/mol. The molecule has 0 aromatic heterocycles. The highest BCUT2D eigenvalue weighted by molar-refractivity contribution is 5.92. The van der Waals surface area contributed by atoms with Crippen LogP contribution in [0.1, 0.15) is 73.1 Å². The number of carbonyl (C=O) groups is 8. The lowest BCUT2D eigenvalue weighted by Crippen LogP contribution is -2.64. The van der Waals surface area contributed by atoms with Crippen LogP contribution in [0.5, 0.6) is 0 Å². The van der Waals surface area contributed by atoms with Gasteiger partial charge in [-0.25, -0.2) is 0 Å². The van der Waals surface area contributed by atoms with Crippen molar-refractivity contribution < 1.29 is 155 Å². The summed E-state index contributed by atoms with van der Waals surface area (Å²) in [6, 6.07) is -5.23. The van der Waals surface area contributed by atoms with Gasteiger partial charge in [-0.15, -0.1) is 0 Å². The predicted octanol–water partition coefficient (Wildman–Crippen LogP) is -8.42. The van der Waals surface area contributed by atoms with Crippen molar-refractivity contribution in [3.63, 3.8) is 0 Å². The van der Waals surface area contributed by atoms with E-state index in [-0.39, 0.29) is 158 Å². The monoisotopic (exact) mass is 1500 g/mol. The number of unbranched alkanes of at least 4 members (excludes halogenated alkanes) is 2. The Hall–Kier alpha value is -5.20. The molecule has 40 nitrogen and oxygen atoms in total. The van der Waals surface area contributed by atoms with E-state index in [9.17, 15) is 84.3 Å². The molecule has 602 valence electrons. The largest absolute Gasteiger partial charge is 0.394 e. The van der Waals surface area contributed by atoms with Crippen LogP contribution < -0.4 is 42.5 Å². The predicted molar refractivity (Wildman–Crippen MR) is 356 cm³/mol. The average molecular weight is 1500 g/mol. The number of nitrogens with one attached hydrogen (secondary N) is 8. The minimum absolute atomic E-state index is 0.0192. The van der Waals surface area contributed by atoms with Gasteiger partial charge < -0.3 is 160 Å². The van der Waals surface area contributed by atoms with Crippen LogP contribution in [0.25, 0.3) is 0 Å². The molecule has 0 radical (unpaired) electrons. The molecular formula is C63H118N8O32. The van der Waals surface area contributed by atoms with Gasteiger partial charge in [0.25, 0.3) is 0 Å². The zero-order valence-corrected chi connectivity index (χ0v) is 60.1. The van der Waals surface area contributed by atoms with E-state index in [1.165, 1.54) is 41.7 Å². The second-order valence-corrected chi connectivity index (χ2v) is 23.3. The lowest BCUT2D eigenvalue weighted by Gasteiger charge is -2.42. The average Bonchev–Trinajstić information content (AvgIpc) is 0.809. The van der Waals surface area contributed by atoms with Crippen molar-refractivity contribution in [2.24, 2.45) is 0 Å². The van der Waals surface area contributed by atoms with Crippen LogP contribution in [0, 0.1) is 0 Å². The van der Waals surface area contributed by atoms with Crippen LogP contribution >= 0.6 is 0 Å². The van der Waals surface area contributed by atoms with E-state index < -0.39 is 179 Å². The summed E-state index contributed by atoms with van der Waals surface area (Å²) >= 11 is 0. The molecule has 11 unspecified atom stereocenters. The fourth-order valence-electron chi connectivity index (χ4n) is 9.21. The first-order valence-electron chi connectivity index (χ1n) is 34.4. The van der Waals surface area contributed by atoms with Crippen LogP contribution in [-0.2, 0) is 109 Å². The smallest absolute Gasteiger partial charge is 0.246 e. The molecule has 0 spiro atoms. The molecule has 1 aliphatic heterocycles. The first kappa shape index (κ1) is 95.8. The van der Waals surface area contributed by atoms with Gasteiger partial charge in [0, 0.05) is 40.9 Å². The Balaban J connectivity index is 2.64. The molecule has 1 rings (SSSR count). The van der Waals surface area contributed by atoms with Gasteiger partial charge in [-0.05, 0) is 52.4 Å². The van der Waals surface area contributed by atoms with Crippen LogP contribution in [0.2, 0.25) is 0 Å². The summed E-state index contributed by atoms with van der Waals surface area (Å²) in [4.78, 5) is 100.0. The lowest BCUT2D eigenvalue weighted by atomic mass is 9.97. The Labute approximate surface area is 600 Å². The van der Waals surface area contributed by atoms with Crippen molar-refractivity contribution in [3.05, 3.63) is 0 Å². The van der Waals surface area contributed by atoms with Gasteiger partial charge >= 0.3 is 0 Å². The second-order valence-electron chi connectivity index (χ2n) is 23.3. The third-order valence-corrected chi connectivity index (χ3v) is 14.6. The Morgan fingerprint density at radius 1 is 0.437 bits per heavy atom. The second kappa shape index (κ2) is 60.9. The maximum Gasteiger partial charge on any atom is 0.246 e. The minimum atomic E-state index is -1.47.